The van der Waals surface area contributed by atoms with Crippen LogP contribution in [0.2, 0.25) is 0 Å². The van der Waals surface area contributed by atoms with Crippen molar-refractivity contribution in [3.8, 4) is 0 Å². The van der Waals surface area contributed by atoms with Crippen LogP contribution >= 0.6 is 0 Å². The van der Waals surface area contributed by atoms with Crippen LogP contribution in [0, 0.1) is 23.7 Å². The number of hydrogen-bond acceptors (Lipinski definition) is 14. The number of carbonyl (C=O) groups excluding carboxylic acids is 4. The van der Waals surface area contributed by atoms with E-state index in [4.69, 9.17) is 33.2 Å². The number of aromatic nitrogens is 1. The first kappa shape index (κ1) is 41.6. The van der Waals surface area contributed by atoms with Gasteiger partial charge in [-0.1, -0.05) is 33.8 Å². The van der Waals surface area contributed by atoms with Gasteiger partial charge >= 0.3 is 18.1 Å². The van der Waals surface area contributed by atoms with Gasteiger partial charge in [0.1, 0.15) is 24.1 Å². The number of rotatable bonds is 8. The zero-order valence-electron chi connectivity index (χ0n) is 32.4. The Bertz CT molecular complexity index is 1410. The summed E-state index contributed by atoms with van der Waals surface area (Å²) in [5.74, 6) is -4.95. The van der Waals surface area contributed by atoms with Crippen LogP contribution in [0.1, 0.15) is 80.2 Å². The lowest BCUT2D eigenvalue weighted by Crippen LogP contribution is -2.60. The van der Waals surface area contributed by atoms with E-state index in [-0.39, 0.29) is 37.2 Å². The second kappa shape index (κ2) is 16.9. The average molecular weight is 735 g/mol. The van der Waals surface area contributed by atoms with Crippen LogP contribution in [0.25, 0.3) is 0 Å². The molecule has 0 radical (unpaired) electrons. The van der Waals surface area contributed by atoms with Gasteiger partial charge in [0.15, 0.2) is 18.0 Å². The number of esters is 2. The molecule has 3 fully saturated rings. The third-order valence-electron chi connectivity index (χ3n) is 11.3. The maximum Gasteiger partial charge on any atom is 0.509 e. The normalized spacial score (nSPS) is 40.6. The van der Waals surface area contributed by atoms with E-state index in [1.54, 1.807) is 73.0 Å². The highest BCUT2D eigenvalue weighted by Crippen LogP contribution is 2.42. The van der Waals surface area contributed by atoms with Crippen LogP contribution in [-0.4, -0.2) is 120 Å². The molecule has 4 heterocycles. The highest BCUT2D eigenvalue weighted by molar-refractivity contribution is 5.84. The van der Waals surface area contributed by atoms with Gasteiger partial charge in [-0.3, -0.25) is 19.4 Å². The van der Waals surface area contributed by atoms with Gasteiger partial charge in [-0.05, 0) is 72.7 Å². The van der Waals surface area contributed by atoms with Crippen molar-refractivity contribution in [1.29, 1.82) is 0 Å². The number of hydrogen-bond donors (Lipinski definition) is 1. The number of likely N-dealkylation sites (N-methyl/N-ethyl adjacent to an activating group) is 1. The molecule has 52 heavy (non-hydrogen) atoms. The summed E-state index contributed by atoms with van der Waals surface area (Å²) < 4.78 is 42.7. The number of aliphatic hydroxyl groups is 1. The number of fused-ring (bicyclic) bond motifs is 1. The topological polar surface area (TPSA) is 169 Å². The van der Waals surface area contributed by atoms with Crippen molar-refractivity contribution in [3.63, 3.8) is 0 Å². The monoisotopic (exact) mass is 734 g/mol. The minimum absolute atomic E-state index is 0.113. The predicted octanol–water partition coefficient (Wildman–Crippen LogP) is 3.89. The van der Waals surface area contributed by atoms with Gasteiger partial charge in [0, 0.05) is 37.4 Å². The van der Waals surface area contributed by atoms with Crippen molar-refractivity contribution < 1.29 is 57.4 Å². The molecule has 3 aliphatic heterocycles. The summed E-state index contributed by atoms with van der Waals surface area (Å²) in [7, 11) is 5.23. The Morgan fingerprint density at radius 1 is 1.08 bits per heavy atom. The number of cyclic esters (lactones) is 1. The number of ether oxygens (including phenoxy) is 7. The average Bonchev–Trinajstić information content (AvgIpc) is 3.42. The second-order valence-corrected chi connectivity index (χ2v) is 15.5. The van der Waals surface area contributed by atoms with E-state index in [0.29, 0.717) is 12.0 Å². The molecule has 4 rings (SSSR count). The van der Waals surface area contributed by atoms with Crippen molar-refractivity contribution in [1.82, 2.24) is 9.88 Å². The maximum absolute atomic E-state index is 14.2. The zero-order valence-corrected chi connectivity index (χ0v) is 32.4. The van der Waals surface area contributed by atoms with Gasteiger partial charge in [-0.25, -0.2) is 4.79 Å². The van der Waals surface area contributed by atoms with E-state index in [2.05, 4.69) is 4.98 Å². The van der Waals surface area contributed by atoms with Crippen molar-refractivity contribution >= 4 is 23.9 Å². The third kappa shape index (κ3) is 8.78. The number of methoxy groups -OCH3 is 1. The Morgan fingerprint density at radius 3 is 2.37 bits per heavy atom. The Labute approximate surface area is 307 Å². The third-order valence-corrected chi connectivity index (χ3v) is 11.3. The summed E-state index contributed by atoms with van der Waals surface area (Å²) in [6.45, 7) is 13.9. The second-order valence-electron chi connectivity index (χ2n) is 15.5. The fourth-order valence-electron chi connectivity index (χ4n) is 8.26. The minimum Gasteiger partial charge on any atom is -0.461 e. The van der Waals surface area contributed by atoms with Crippen molar-refractivity contribution in [2.45, 2.75) is 141 Å². The van der Waals surface area contributed by atoms with Gasteiger partial charge in [0.25, 0.3) is 0 Å². The van der Waals surface area contributed by atoms with Crippen LogP contribution in [0.3, 0.4) is 0 Å². The summed E-state index contributed by atoms with van der Waals surface area (Å²) in [5, 5.41) is 11.5. The summed E-state index contributed by atoms with van der Waals surface area (Å²) in [5.41, 5.74) is -2.14. The van der Waals surface area contributed by atoms with Gasteiger partial charge in [0.05, 0.1) is 36.1 Å². The molecule has 1 N–H and O–H groups in total. The maximum atomic E-state index is 14.2. The van der Waals surface area contributed by atoms with Crippen LogP contribution in [0.4, 0.5) is 4.79 Å². The van der Waals surface area contributed by atoms with E-state index < -0.39 is 89.8 Å². The van der Waals surface area contributed by atoms with Gasteiger partial charge < -0.3 is 43.2 Å². The Morgan fingerprint density at radius 2 is 1.77 bits per heavy atom. The molecule has 292 valence electrons. The molecule has 14 heteroatoms. The van der Waals surface area contributed by atoms with Gasteiger partial charge in [-0.15, -0.1) is 0 Å². The van der Waals surface area contributed by atoms with E-state index in [9.17, 15) is 24.3 Å². The molecule has 1 aromatic heterocycles. The number of ketones is 1. The SMILES string of the molecule is CC[C@@H]1OC(=O)[C@H](C)[C@@H](OC(=O)Cc2cccnc2)[C@H](C)[C@@H](O[C@@H]2O[C@H](C)C[C@H](N(C)C)[C@H]2O)[C@@](C)(OC)C[C@@H](C)C(=O)[C@@H](C)[C@H]2OC(=O)O[C@]12C. The number of aliphatic hydroxyl groups excluding tert-OH is 1. The number of nitrogens with zero attached hydrogens (tertiary/aromatic N) is 2. The molecule has 14 atom stereocenters. The van der Waals surface area contributed by atoms with Crippen molar-refractivity contribution in [3.05, 3.63) is 30.1 Å². The van der Waals surface area contributed by atoms with Gasteiger partial charge in [-0.2, -0.15) is 0 Å². The van der Waals surface area contributed by atoms with E-state index in [0.717, 1.165) is 0 Å². The quantitative estimate of drug-likeness (QED) is 0.302. The lowest BCUT2D eigenvalue weighted by atomic mass is 9.74. The molecule has 3 saturated heterocycles. The summed E-state index contributed by atoms with van der Waals surface area (Å²) >= 11 is 0. The lowest BCUT2D eigenvalue weighted by Gasteiger charge is -2.48. The van der Waals surface area contributed by atoms with E-state index in [1.807, 2.05) is 25.9 Å². The molecular weight excluding hydrogens is 676 g/mol. The zero-order chi connectivity index (χ0) is 38.7. The largest absolute Gasteiger partial charge is 0.509 e. The van der Waals surface area contributed by atoms with Gasteiger partial charge in [0.2, 0.25) is 0 Å². The highest BCUT2D eigenvalue weighted by Gasteiger charge is 2.59. The molecule has 0 spiro atoms. The van der Waals surface area contributed by atoms with E-state index >= 15 is 0 Å². The van der Waals surface area contributed by atoms with Crippen LogP contribution in [0.15, 0.2) is 24.5 Å². The molecule has 0 saturated carbocycles. The predicted molar refractivity (Wildman–Crippen MR) is 187 cm³/mol. The standard InChI is InChI=1S/C38H58N2O12/c1-12-27-38(8)33(51-36(45)52-38)22(4)29(42)20(2)18-37(7,46-11)32(50-35-30(43)26(40(9)10)16-21(3)47-35)23(5)31(24(6)34(44)48-27)49-28(41)17-25-14-13-15-39-19-25/h13-15,19-24,26-27,30-33,35,43H,12,16-18H2,1-11H3/t20-,21-,22-,23+,24-,26+,27+,30-,31+,32-,33-,35+,37+,38-/m1/s1. The summed E-state index contributed by atoms with van der Waals surface area (Å²) in [4.78, 5) is 60.6. The van der Waals surface area contributed by atoms with Crippen LogP contribution < -0.4 is 0 Å². The molecule has 1 aromatic rings. The molecule has 0 bridgehead atoms. The first-order valence-corrected chi connectivity index (χ1v) is 18.3. The smallest absolute Gasteiger partial charge is 0.461 e. The number of carbonyl (C=O) groups is 4. The number of pyridine rings is 1. The molecule has 0 aliphatic carbocycles. The molecule has 0 aromatic carbocycles. The highest BCUT2D eigenvalue weighted by atomic mass is 16.8. The minimum atomic E-state index is -1.48. The molecule has 0 unspecified atom stereocenters. The molecular formula is C38H58N2O12. The van der Waals surface area contributed by atoms with E-state index in [1.165, 1.54) is 7.11 Å². The first-order valence-electron chi connectivity index (χ1n) is 18.3. The van der Waals surface area contributed by atoms with Crippen molar-refractivity contribution in [2.75, 3.05) is 21.2 Å². The van der Waals surface area contributed by atoms with Crippen LogP contribution in [0.5, 0.6) is 0 Å². The fourth-order valence-corrected chi connectivity index (χ4v) is 8.26. The summed E-state index contributed by atoms with van der Waals surface area (Å²) in [6.07, 6.45) is -3.73. The Balaban J connectivity index is 1.84. The van der Waals surface area contributed by atoms with Crippen molar-refractivity contribution in [2.24, 2.45) is 23.7 Å². The molecule has 3 aliphatic rings. The molecule has 0 amide bonds. The lowest BCUT2D eigenvalue weighted by molar-refractivity contribution is -0.301. The molecule has 14 nitrogen and oxygen atoms in total. The Kier molecular flexibility index (Phi) is 13.5. The summed E-state index contributed by atoms with van der Waals surface area (Å²) in [6, 6.07) is 3.16. The fraction of sp³-hybridized carbons (Fsp3) is 0.763. The number of Topliss-reactive ketones (excluding diaryl/α,β-unsaturated/α-hetero) is 1. The Hall–Kier alpha value is -3.17. The van der Waals surface area contributed by atoms with Crippen LogP contribution in [-0.2, 0) is 54.0 Å². The first-order chi connectivity index (χ1) is 24.4.